The van der Waals surface area contributed by atoms with E-state index in [1.807, 2.05) is 12.1 Å². The SMILES string of the molecule is NC(=O)c1cccc(C#CCNC[C@@H]2CC[C@H](n3ccc4c(Cl)ncnc43)C2)c1. The van der Waals surface area contributed by atoms with E-state index in [2.05, 4.69) is 37.9 Å². The Morgan fingerprint density at radius 1 is 1.31 bits per heavy atom. The van der Waals surface area contributed by atoms with Crippen molar-refractivity contribution in [3.8, 4) is 11.8 Å². The van der Waals surface area contributed by atoms with Gasteiger partial charge < -0.3 is 15.6 Å². The number of aromatic nitrogens is 3. The number of amides is 1. The Hall–Kier alpha value is -2.88. The van der Waals surface area contributed by atoms with Crippen LogP contribution in [0.2, 0.25) is 5.15 Å². The monoisotopic (exact) mass is 407 g/mol. The summed E-state index contributed by atoms with van der Waals surface area (Å²) in [6.45, 7) is 1.54. The lowest BCUT2D eigenvalue weighted by atomic mass is 10.1. The molecule has 0 aliphatic heterocycles. The average Bonchev–Trinajstić information content (AvgIpc) is 3.35. The van der Waals surface area contributed by atoms with Gasteiger partial charge in [-0.05, 0) is 56.0 Å². The molecule has 0 spiro atoms. The van der Waals surface area contributed by atoms with Crippen molar-refractivity contribution in [2.75, 3.05) is 13.1 Å². The molecule has 6 nitrogen and oxygen atoms in total. The number of fused-ring (bicyclic) bond motifs is 1. The minimum Gasteiger partial charge on any atom is -0.366 e. The van der Waals surface area contributed by atoms with Gasteiger partial charge in [-0.3, -0.25) is 4.79 Å². The molecule has 0 unspecified atom stereocenters. The Balaban J connectivity index is 1.29. The fourth-order valence-corrected chi connectivity index (χ4v) is 4.15. The second-order valence-corrected chi connectivity index (χ2v) is 7.69. The van der Waals surface area contributed by atoms with E-state index in [1.54, 1.807) is 18.2 Å². The van der Waals surface area contributed by atoms with Crippen LogP contribution < -0.4 is 11.1 Å². The van der Waals surface area contributed by atoms with Gasteiger partial charge in [0, 0.05) is 23.4 Å². The van der Waals surface area contributed by atoms with Crippen LogP contribution in [0.1, 0.15) is 41.2 Å². The fourth-order valence-electron chi connectivity index (χ4n) is 3.96. The van der Waals surface area contributed by atoms with Crippen LogP contribution in [-0.4, -0.2) is 33.5 Å². The van der Waals surface area contributed by atoms with Gasteiger partial charge in [-0.25, -0.2) is 9.97 Å². The van der Waals surface area contributed by atoms with Gasteiger partial charge in [0.15, 0.2) is 0 Å². The summed E-state index contributed by atoms with van der Waals surface area (Å²) in [5.74, 6) is 6.35. The molecule has 1 aliphatic rings. The quantitative estimate of drug-likeness (QED) is 0.386. The van der Waals surface area contributed by atoms with Gasteiger partial charge >= 0.3 is 0 Å². The zero-order valence-electron chi connectivity index (χ0n) is 15.9. The first-order valence-corrected chi connectivity index (χ1v) is 10.1. The minimum atomic E-state index is -0.438. The number of primary amides is 1. The number of rotatable bonds is 5. The lowest BCUT2D eigenvalue weighted by molar-refractivity contribution is 0.1000. The molecule has 0 bridgehead atoms. The molecule has 2 heterocycles. The Morgan fingerprint density at radius 3 is 3.07 bits per heavy atom. The first-order valence-electron chi connectivity index (χ1n) is 9.68. The summed E-state index contributed by atoms with van der Waals surface area (Å²) in [7, 11) is 0. The highest BCUT2D eigenvalue weighted by Gasteiger charge is 2.26. The maximum Gasteiger partial charge on any atom is 0.248 e. The Kier molecular flexibility index (Phi) is 5.79. The van der Waals surface area contributed by atoms with Crippen molar-refractivity contribution in [3.05, 3.63) is 59.1 Å². The number of benzene rings is 1. The molecule has 148 valence electrons. The molecule has 2 atom stereocenters. The molecule has 2 aromatic heterocycles. The van der Waals surface area contributed by atoms with Gasteiger partial charge in [-0.15, -0.1) is 0 Å². The molecular weight excluding hydrogens is 386 g/mol. The number of nitrogens with one attached hydrogen (secondary N) is 1. The minimum absolute atomic E-state index is 0.438. The summed E-state index contributed by atoms with van der Waals surface area (Å²) in [5.41, 5.74) is 7.48. The van der Waals surface area contributed by atoms with E-state index < -0.39 is 5.91 Å². The van der Waals surface area contributed by atoms with Crippen molar-refractivity contribution in [1.82, 2.24) is 19.9 Å². The number of nitrogens with zero attached hydrogens (tertiary/aromatic N) is 3. The predicted molar refractivity (Wildman–Crippen MR) is 114 cm³/mol. The molecule has 0 radical (unpaired) electrons. The van der Waals surface area contributed by atoms with Gasteiger partial charge in [-0.2, -0.15) is 0 Å². The Bertz CT molecular complexity index is 1100. The smallest absolute Gasteiger partial charge is 0.248 e. The molecule has 1 fully saturated rings. The second-order valence-electron chi connectivity index (χ2n) is 7.34. The van der Waals surface area contributed by atoms with E-state index in [0.29, 0.717) is 29.2 Å². The number of hydrogen-bond donors (Lipinski definition) is 2. The van der Waals surface area contributed by atoms with E-state index in [9.17, 15) is 4.79 Å². The number of nitrogens with two attached hydrogens (primary N) is 1. The van der Waals surface area contributed by atoms with Gasteiger partial charge in [0.05, 0.1) is 11.9 Å². The van der Waals surface area contributed by atoms with Crippen LogP contribution in [0.3, 0.4) is 0 Å². The predicted octanol–water partition coefficient (Wildman–Crippen LogP) is 3.17. The highest BCUT2D eigenvalue weighted by atomic mass is 35.5. The third-order valence-electron chi connectivity index (χ3n) is 5.39. The molecule has 1 aromatic carbocycles. The van der Waals surface area contributed by atoms with Crippen LogP contribution in [0.4, 0.5) is 0 Å². The fraction of sp³-hybridized carbons (Fsp3) is 0.318. The van der Waals surface area contributed by atoms with Gasteiger partial charge in [0.2, 0.25) is 5.91 Å². The number of carbonyl (C=O) groups excluding carboxylic acids is 1. The second kappa shape index (κ2) is 8.64. The maximum atomic E-state index is 11.2. The summed E-state index contributed by atoms with van der Waals surface area (Å²) in [6.07, 6.45) is 6.99. The zero-order chi connectivity index (χ0) is 20.2. The van der Waals surface area contributed by atoms with E-state index in [1.165, 1.54) is 12.7 Å². The highest BCUT2D eigenvalue weighted by Crippen LogP contribution is 2.36. The number of hydrogen-bond acceptors (Lipinski definition) is 4. The van der Waals surface area contributed by atoms with Crippen LogP contribution in [0.25, 0.3) is 11.0 Å². The lowest BCUT2D eigenvalue weighted by Gasteiger charge is -2.14. The standard InChI is InChI=1S/C22H22ClN5O/c23-20-19-8-10-28(22(19)27-14-26-20)18-7-6-16(12-18)13-25-9-2-4-15-3-1-5-17(11-15)21(24)29/h1,3,5,8,10-11,14,16,18,25H,6-7,9,12-13H2,(H2,24,29)/t16-,18+/m1/s1. The summed E-state index contributed by atoms with van der Waals surface area (Å²) < 4.78 is 2.23. The first-order chi connectivity index (χ1) is 14.1. The van der Waals surface area contributed by atoms with Gasteiger partial charge in [0.1, 0.15) is 17.1 Å². The maximum absolute atomic E-state index is 11.2. The number of halogens is 1. The molecule has 4 rings (SSSR count). The van der Waals surface area contributed by atoms with E-state index >= 15 is 0 Å². The molecule has 1 amide bonds. The van der Waals surface area contributed by atoms with Crippen molar-refractivity contribution in [1.29, 1.82) is 0 Å². The topological polar surface area (TPSA) is 85.8 Å². The molecule has 3 N–H and O–H groups in total. The van der Waals surface area contributed by atoms with Crippen LogP contribution >= 0.6 is 11.6 Å². The van der Waals surface area contributed by atoms with E-state index in [0.717, 1.165) is 36.0 Å². The van der Waals surface area contributed by atoms with Crippen molar-refractivity contribution in [3.63, 3.8) is 0 Å². The summed E-state index contributed by atoms with van der Waals surface area (Å²) in [4.78, 5) is 19.7. The Morgan fingerprint density at radius 2 is 2.21 bits per heavy atom. The van der Waals surface area contributed by atoms with Crippen molar-refractivity contribution < 1.29 is 4.79 Å². The summed E-state index contributed by atoms with van der Waals surface area (Å²) in [5, 5.41) is 4.84. The zero-order valence-corrected chi connectivity index (χ0v) is 16.7. The third kappa shape index (κ3) is 4.42. The van der Waals surface area contributed by atoms with Crippen molar-refractivity contribution >= 4 is 28.5 Å². The van der Waals surface area contributed by atoms with Gasteiger partial charge in [-0.1, -0.05) is 29.5 Å². The third-order valence-corrected chi connectivity index (χ3v) is 5.69. The van der Waals surface area contributed by atoms with Crippen molar-refractivity contribution in [2.45, 2.75) is 25.3 Å². The summed E-state index contributed by atoms with van der Waals surface area (Å²) in [6, 6.07) is 9.50. The molecule has 7 heteroatoms. The average molecular weight is 408 g/mol. The Labute approximate surface area is 174 Å². The first kappa shape index (κ1) is 19.4. The molecule has 1 saturated carbocycles. The molecule has 29 heavy (non-hydrogen) atoms. The van der Waals surface area contributed by atoms with E-state index in [-0.39, 0.29) is 0 Å². The van der Waals surface area contributed by atoms with Gasteiger partial charge in [0.25, 0.3) is 0 Å². The highest BCUT2D eigenvalue weighted by molar-refractivity contribution is 6.33. The van der Waals surface area contributed by atoms with Crippen LogP contribution in [0.15, 0.2) is 42.9 Å². The van der Waals surface area contributed by atoms with Crippen LogP contribution in [0, 0.1) is 17.8 Å². The lowest BCUT2D eigenvalue weighted by Crippen LogP contribution is -2.22. The molecule has 0 saturated heterocycles. The largest absolute Gasteiger partial charge is 0.366 e. The molecule has 1 aliphatic carbocycles. The summed E-state index contributed by atoms with van der Waals surface area (Å²) >= 11 is 6.16. The van der Waals surface area contributed by atoms with Crippen molar-refractivity contribution in [2.24, 2.45) is 11.7 Å². The van der Waals surface area contributed by atoms with E-state index in [4.69, 9.17) is 17.3 Å². The number of carbonyl (C=O) groups is 1. The molecular formula is C22H22ClN5O. The normalized spacial score (nSPS) is 18.5. The van der Waals surface area contributed by atoms with Crippen LogP contribution in [-0.2, 0) is 0 Å². The molecule has 3 aromatic rings. The van der Waals surface area contributed by atoms with Crippen LogP contribution in [0.5, 0.6) is 0 Å².